The molecule has 1 aliphatic carbocycles. The van der Waals surface area contributed by atoms with Crippen LogP contribution in [-0.4, -0.2) is 62.1 Å². The highest BCUT2D eigenvalue weighted by molar-refractivity contribution is 5.91. The fourth-order valence-corrected chi connectivity index (χ4v) is 5.48. The van der Waals surface area contributed by atoms with Crippen LogP contribution >= 0.6 is 0 Å². The summed E-state index contributed by atoms with van der Waals surface area (Å²) in [6.45, 7) is 7.16. The number of hydrogen-bond acceptors (Lipinski definition) is 6. The quantitative estimate of drug-likeness (QED) is 0.625. The van der Waals surface area contributed by atoms with E-state index in [4.69, 9.17) is 4.42 Å². The number of nitrogens with zero attached hydrogens (tertiary/aromatic N) is 6. The molecule has 8 heteroatoms. The lowest BCUT2D eigenvalue weighted by molar-refractivity contribution is -0.00151. The molecule has 2 aromatic heterocycles. The zero-order valence-electron chi connectivity index (χ0n) is 18.8. The molecule has 2 aliphatic rings. The van der Waals surface area contributed by atoms with E-state index in [1.165, 1.54) is 17.5 Å². The standard InChI is InChI=1S/C24H30N6O2/c1-18-8-6-9-19(2)21(18)30-23(25-26-27-30)24(11-4-3-5-12-24)29-15-13-28(14-16-29)22(31)20-10-7-17-32-20/h6-10,17H,3-5,11-16H2,1-2H3. The van der Waals surface area contributed by atoms with Crippen LogP contribution < -0.4 is 0 Å². The Bertz CT molecular complexity index is 1060. The number of aryl methyl sites for hydroxylation is 2. The van der Waals surface area contributed by atoms with Crippen LogP contribution in [0, 0.1) is 13.8 Å². The summed E-state index contributed by atoms with van der Waals surface area (Å²) in [5.41, 5.74) is 3.19. The molecule has 5 rings (SSSR count). The van der Waals surface area contributed by atoms with E-state index in [1.54, 1.807) is 18.4 Å². The first-order valence-corrected chi connectivity index (χ1v) is 11.5. The van der Waals surface area contributed by atoms with E-state index in [1.807, 2.05) is 9.58 Å². The van der Waals surface area contributed by atoms with Crippen LogP contribution in [0.5, 0.6) is 0 Å². The van der Waals surface area contributed by atoms with Crippen molar-refractivity contribution in [3.8, 4) is 5.69 Å². The Morgan fingerprint density at radius 1 is 0.969 bits per heavy atom. The van der Waals surface area contributed by atoms with Crippen molar-refractivity contribution in [1.82, 2.24) is 30.0 Å². The van der Waals surface area contributed by atoms with Gasteiger partial charge in [0, 0.05) is 26.2 Å². The second kappa shape index (κ2) is 8.50. The number of aromatic nitrogens is 4. The summed E-state index contributed by atoms with van der Waals surface area (Å²) in [5.74, 6) is 1.30. The minimum atomic E-state index is -0.212. The van der Waals surface area contributed by atoms with Crippen LogP contribution in [-0.2, 0) is 5.54 Å². The summed E-state index contributed by atoms with van der Waals surface area (Å²) in [5, 5.41) is 13.2. The van der Waals surface area contributed by atoms with E-state index < -0.39 is 0 Å². The fourth-order valence-electron chi connectivity index (χ4n) is 5.48. The number of benzene rings is 1. The van der Waals surface area contributed by atoms with Gasteiger partial charge in [-0.3, -0.25) is 9.69 Å². The Hall–Kier alpha value is -3.00. The van der Waals surface area contributed by atoms with Crippen LogP contribution in [0.3, 0.4) is 0 Å². The molecule has 32 heavy (non-hydrogen) atoms. The average molecular weight is 435 g/mol. The molecule has 1 saturated carbocycles. The Kier molecular flexibility index (Phi) is 5.55. The van der Waals surface area contributed by atoms with Crippen molar-refractivity contribution < 1.29 is 9.21 Å². The lowest BCUT2D eigenvalue weighted by atomic mass is 9.79. The van der Waals surface area contributed by atoms with Gasteiger partial charge in [-0.1, -0.05) is 37.5 Å². The average Bonchev–Trinajstić information content (AvgIpc) is 3.52. The van der Waals surface area contributed by atoms with E-state index in [-0.39, 0.29) is 11.4 Å². The van der Waals surface area contributed by atoms with Crippen molar-refractivity contribution in [1.29, 1.82) is 0 Å². The largest absolute Gasteiger partial charge is 0.459 e. The summed E-state index contributed by atoms with van der Waals surface area (Å²) < 4.78 is 7.29. The summed E-state index contributed by atoms with van der Waals surface area (Å²) in [6.07, 6.45) is 7.17. The molecule has 0 bridgehead atoms. The van der Waals surface area contributed by atoms with Gasteiger partial charge in [0.15, 0.2) is 11.6 Å². The van der Waals surface area contributed by atoms with E-state index in [2.05, 4.69) is 52.5 Å². The van der Waals surface area contributed by atoms with Crippen LogP contribution in [0.15, 0.2) is 41.0 Å². The topological polar surface area (TPSA) is 80.3 Å². The van der Waals surface area contributed by atoms with Gasteiger partial charge in [-0.25, -0.2) is 0 Å². The highest BCUT2D eigenvalue weighted by Crippen LogP contribution is 2.42. The number of amides is 1. The van der Waals surface area contributed by atoms with Gasteiger partial charge < -0.3 is 9.32 Å². The van der Waals surface area contributed by atoms with Crippen LogP contribution in [0.2, 0.25) is 0 Å². The Morgan fingerprint density at radius 3 is 2.34 bits per heavy atom. The van der Waals surface area contributed by atoms with Crippen LogP contribution in [0.4, 0.5) is 0 Å². The summed E-state index contributed by atoms with van der Waals surface area (Å²) in [7, 11) is 0. The summed E-state index contributed by atoms with van der Waals surface area (Å²) in [6, 6.07) is 9.79. The molecule has 0 spiro atoms. The number of carbonyl (C=O) groups excluding carboxylic acids is 1. The Balaban J connectivity index is 1.45. The molecule has 3 aromatic rings. The van der Waals surface area contributed by atoms with Gasteiger partial charge in [0.05, 0.1) is 17.5 Å². The van der Waals surface area contributed by atoms with Gasteiger partial charge in [-0.15, -0.1) is 5.10 Å². The highest BCUT2D eigenvalue weighted by atomic mass is 16.3. The molecule has 1 aromatic carbocycles. The molecular weight excluding hydrogens is 404 g/mol. The first kappa shape index (κ1) is 20.9. The summed E-state index contributed by atoms with van der Waals surface area (Å²) >= 11 is 0. The van der Waals surface area contributed by atoms with Crippen molar-refractivity contribution in [3.05, 3.63) is 59.3 Å². The minimum Gasteiger partial charge on any atom is -0.459 e. The second-order valence-corrected chi connectivity index (χ2v) is 9.00. The lowest BCUT2D eigenvalue weighted by Gasteiger charge is -2.48. The molecular formula is C24H30N6O2. The van der Waals surface area contributed by atoms with Crippen LogP contribution in [0.25, 0.3) is 5.69 Å². The maximum absolute atomic E-state index is 12.7. The SMILES string of the molecule is Cc1cccc(C)c1-n1nnnc1C1(N2CCN(C(=O)c3ccco3)CC2)CCCCC1. The first-order valence-electron chi connectivity index (χ1n) is 11.5. The monoisotopic (exact) mass is 434 g/mol. The van der Waals surface area contributed by atoms with E-state index in [0.29, 0.717) is 18.8 Å². The molecule has 0 N–H and O–H groups in total. The molecule has 0 unspecified atom stereocenters. The van der Waals surface area contributed by atoms with Gasteiger partial charge in [-0.2, -0.15) is 4.68 Å². The third kappa shape index (κ3) is 3.52. The zero-order valence-corrected chi connectivity index (χ0v) is 18.8. The van der Waals surface area contributed by atoms with Gasteiger partial charge in [0.1, 0.15) is 0 Å². The fraction of sp³-hybridized carbons (Fsp3) is 0.500. The molecule has 8 nitrogen and oxygen atoms in total. The van der Waals surface area contributed by atoms with E-state index in [0.717, 1.165) is 50.3 Å². The van der Waals surface area contributed by atoms with Crippen molar-refractivity contribution >= 4 is 5.91 Å². The van der Waals surface area contributed by atoms with E-state index in [9.17, 15) is 4.79 Å². The number of carbonyl (C=O) groups is 1. The first-order chi connectivity index (χ1) is 15.6. The Labute approximate surface area is 188 Å². The molecule has 1 amide bonds. The zero-order chi connectivity index (χ0) is 22.1. The minimum absolute atomic E-state index is 0.0345. The van der Waals surface area contributed by atoms with Gasteiger partial charge >= 0.3 is 0 Å². The van der Waals surface area contributed by atoms with Crippen molar-refractivity contribution in [2.45, 2.75) is 51.5 Å². The smallest absolute Gasteiger partial charge is 0.289 e. The number of tetrazole rings is 1. The molecule has 0 atom stereocenters. The van der Waals surface area contributed by atoms with Crippen LogP contribution in [0.1, 0.15) is 59.6 Å². The molecule has 2 fully saturated rings. The van der Waals surface area contributed by atoms with Crippen molar-refractivity contribution in [2.75, 3.05) is 26.2 Å². The number of hydrogen-bond donors (Lipinski definition) is 0. The maximum Gasteiger partial charge on any atom is 0.289 e. The molecule has 1 saturated heterocycles. The van der Waals surface area contributed by atoms with E-state index >= 15 is 0 Å². The maximum atomic E-state index is 12.7. The number of rotatable bonds is 4. The molecule has 0 radical (unpaired) electrons. The number of furan rings is 1. The van der Waals surface area contributed by atoms with Gasteiger partial charge in [-0.05, 0) is 60.4 Å². The summed E-state index contributed by atoms with van der Waals surface area (Å²) in [4.78, 5) is 17.2. The third-order valence-corrected chi connectivity index (χ3v) is 7.12. The molecule has 1 aliphatic heterocycles. The third-order valence-electron chi connectivity index (χ3n) is 7.12. The predicted molar refractivity (Wildman–Crippen MR) is 120 cm³/mol. The number of para-hydroxylation sites is 1. The molecule has 3 heterocycles. The predicted octanol–water partition coefficient (Wildman–Crippen LogP) is 3.49. The van der Waals surface area contributed by atoms with Gasteiger partial charge in [0.25, 0.3) is 5.91 Å². The number of piperazine rings is 1. The second-order valence-electron chi connectivity index (χ2n) is 9.00. The Morgan fingerprint density at radius 2 is 1.69 bits per heavy atom. The van der Waals surface area contributed by atoms with Crippen molar-refractivity contribution in [3.63, 3.8) is 0 Å². The normalized spacial score (nSPS) is 19.2. The molecule has 168 valence electrons. The lowest BCUT2D eigenvalue weighted by Crippen LogP contribution is -2.58. The van der Waals surface area contributed by atoms with Gasteiger partial charge in [0.2, 0.25) is 0 Å². The van der Waals surface area contributed by atoms with Crippen molar-refractivity contribution in [2.24, 2.45) is 0 Å². The highest BCUT2D eigenvalue weighted by Gasteiger charge is 2.45.